The van der Waals surface area contributed by atoms with Crippen LogP contribution in [0, 0.1) is 0 Å². The van der Waals surface area contributed by atoms with Gasteiger partial charge in [0.25, 0.3) is 0 Å². The average molecular weight is 327 g/mol. The largest absolute Gasteiger partial charge is 0.347 e. The van der Waals surface area contributed by atoms with Crippen molar-refractivity contribution in [3.63, 3.8) is 0 Å². The first-order chi connectivity index (χ1) is 10.9. The van der Waals surface area contributed by atoms with Gasteiger partial charge in [-0.3, -0.25) is 4.79 Å². The summed E-state index contributed by atoms with van der Waals surface area (Å²) in [5, 5.41) is 0.860. The highest BCUT2D eigenvalue weighted by Crippen LogP contribution is 2.46. The highest BCUT2D eigenvalue weighted by Gasteiger charge is 2.38. The molecule has 0 bridgehead atoms. The van der Waals surface area contributed by atoms with Crippen molar-refractivity contribution in [1.82, 2.24) is 9.55 Å². The third-order valence-electron chi connectivity index (χ3n) is 4.36. The van der Waals surface area contributed by atoms with Crippen LogP contribution in [0.15, 0.2) is 53.6 Å². The van der Waals surface area contributed by atoms with Crippen molar-refractivity contribution in [2.45, 2.75) is 24.4 Å². The number of likely N-dealkylation sites (N-methyl/N-ethyl adjacent to an activating group) is 1. The lowest BCUT2D eigenvalue weighted by molar-refractivity contribution is -0.112. The van der Waals surface area contributed by atoms with Crippen LogP contribution in [0.4, 0.5) is 5.69 Å². The molecule has 0 saturated carbocycles. The number of para-hydroxylation sites is 1. The Labute approximate surface area is 141 Å². The van der Waals surface area contributed by atoms with E-state index in [-0.39, 0.29) is 11.2 Å². The Morgan fingerprint density at radius 1 is 1.30 bits per heavy atom. The Hall–Kier alpha value is -2.01. The third kappa shape index (κ3) is 2.81. The maximum Gasteiger partial charge on any atom is 0.168 e. The first-order valence-electron chi connectivity index (χ1n) is 7.59. The average Bonchev–Trinajstić information content (AvgIpc) is 3.01. The molecule has 0 fully saturated rings. The van der Waals surface area contributed by atoms with Gasteiger partial charge in [0.15, 0.2) is 10.9 Å². The fourth-order valence-electron chi connectivity index (χ4n) is 3.08. The molecule has 3 rings (SSSR count). The molecule has 5 heteroatoms. The molecule has 1 aliphatic rings. The Morgan fingerprint density at radius 2 is 2.04 bits per heavy atom. The number of allylic oxidation sites excluding steroid dienone is 2. The van der Waals surface area contributed by atoms with Gasteiger partial charge in [-0.05, 0) is 11.6 Å². The number of thioether (sulfide) groups is 1. The number of imidazole rings is 1. The summed E-state index contributed by atoms with van der Waals surface area (Å²) in [5.41, 5.74) is 3.32. The summed E-state index contributed by atoms with van der Waals surface area (Å²) >= 11 is 1.47. The molecule has 0 unspecified atom stereocenters. The molecule has 120 valence electrons. The minimum Gasteiger partial charge on any atom is -0.347 e. The second-order valence-electron chi connectivity index (χ2n) is 6.31. The van der Waals surface area contributed by atoms with E-state index in [1.165, 1.54) is 23.0 Å². The number of rotatable bonds is 4. The van der Waals surface area contributed by atoms with Crippen molar-refractivity contribution in [3.05, 3.63) is 54.0 Å². The second-order valence-corrected chi connectivity index (χ2v) is 7.25. The number of carbonyl (C=O) groups excluding carboxylic acids is 1. The minimum atomic E-state index is -0.158. The van der Waals surface area contributed by atoms with Gasteiger partial charge < -0.3 is 9.47 Å². The van der Waals surface area contributed by atoms with Crippen molar-refractivity contribution in [1.29, 1.82) is 0 Å². The van der Waals surface area contributed by atoms with Crippen molar-refractivity contribution in [2.24, 2.45) is 7.05 Å². The lowest BCUT2D eigenvalue weighted by Crippen LogP contribution is -2.24. The van der Waals surface area contributed by atoms with E-state index in [9.17, 15) is 4.79 Å². The third-order valence-corrected chi connectivity index (χ3v) is 5.44. The second kappa shape index (κ2) is 5.89. The first-order valence-corrected chi connectivity index (χ1v) is 8.58. The fraction of sp³-hybridized carbons (Fsp3) is 0.333. The highest BCUT2D eigenvalue weighted by molar-refractivity contribution is 7.99. The number of aryl methyl sites for hydroxylation is 1. The summed E-state index contributed by atoms with van der Waals surface area (Å²) in [7, 11) is 3.96. The summed E-state index contributed by atoms with van der Waals surface area (Å²) in [6.07, 6.45) is 5.42. The summed E-state index contributed by atoms with van der Waals surface area (Å²) < 4.78 is 1.92. The zero-order chi connectivity index (χ0) is 16.6. The van der Waals surface area contributed by atoms with E-state index >= 15 is 0 Å². The number of anilines is 1. The van der Waals surface area contributed by atoms with Crippen molar-refractivity contribution in [3.8, 4) is 0 Å². The van der Waals surface area contributed by atoms with E-state index in [2.05, 4.69) is 41.9 Å². The zero-order valence-corrected chi connectivity index (χ0v) is 14.7. The summed E-state index contributed by atoms with van der Waals surface area (Å²) in [4.78, 5) is 18.8. The summed E-state index contributed by atoms with van der Waals surface area (Å²) in [5.74, 6) is 0.509. The number of fused-ring (bicyclic) bond motifs is 1. The van der Waals surface area contributed by atoms with Gasteiger partial charge in [0, 0.05) is 49.4 Å². The van der Waals surface area contributed by atoms with Crippen LogP contribution in [-0.2, 0) is 17.3 Å². The minimum absolute atomic E-state index is 0.112. The lowest BCUT2D eigenvalue weighted by Gasteiger charge is -2.23. The fourth-order valence-corrected chi connectivity index (χ4v) is 3.83. The molecule has 0 atom stereocenters. The molecule has 0 N–H and O–H groups in total. The Balaban J connectivity index is 1.80. The molecular weight excluding hydrogens is 306 g/mol. The van der Waals surface area contributed by atoms with Crippen LogP contribution in [0.5, 0.6) is 0 Å². The van der Waals surface area contributed by atoms with Crippen molar-refractivity contribution < 1.29 is 4.79 Å². The molecule has 4 nitrogen and oxygen atoms in total. The van der Waals surface area contributed by atoms with Gasteiger partial charge in [-0.1, -0.05) is 43.8 Å². The maximum absolute atomic E-state index is 12.4. The van der Waals surface area contributed by atoms with Gasteiger partial charge in [-0.15, -0.1) is 0 Å². The predicted molar refractivity (Wildman–Crippen MR) is 94.9 cm³/mol. The molecule has 1 aromatic heterocycles. The molecule has 0 radical (unpaired) electrons. The topological polar surface area (TPSA) is 38.1 Å². The van der Waals surface area contributed by atoms with Gasteiger partial charge in [0.2, 0.25) is 0 Å². The Bertz CT molecular complexity index is 776. The summed E-state index contributed by atoms with van der Waals surface area (Å²) in [6.45, 7) is 4.33. The van der Waals surface area contributed by atoms with E-state index in [0.717, 1.165) is 10.9 Å². The molecule has 0 aliphatic carbocycles. The van der Waals surface area contributed by atoms with Crippen LogP contribution in [-0.4, -0.2) is 28.1 Å². The number of hydrogen-bond acceptors (Lipinski definition) is 4. The number of ketones is 1. The molecule has 0 spiro atoms. The van der Waals surface area contributed by atoms with Gasteiger partial charge >= 0.3 is 0 Å². The van der Waals surface area contributed by atoms with Gasteiger partial charge in [-0.25, -0.2) is 4.98 Å². The van der Waals surface area contributed by atoms with Gasteiger partial charge in [0.05, 0.1) is 5.75 Å². The maximum atomic E-state index is 12.4. The van der Waals surface area contributed by atoms with E-state index in [1.54, 1.807) is 12.3 Å². The molecule has 0 saturated heterocycles. The molecule has 23 heavy (non-hydrogen) atoms. The van der Waals surface area contributed by atoms with Gasteiger partial charge in [0.1, 0.15) is 0 Å². The van der Waals surface area contributed by atoms with Gasteiger partial charge in [-0.2, -0.15) is 0 Å². The van der Waals surface area contributed by atoms with E-state index in [4.69, 9.17) is 0 Å². The molecule has 1 aromatic carbocycles. The Morgan fingerprint density at radius 3 is 2.70 bits per heavy atom. The lowest BCUT2D eigenvalue weighted by atomic mass is 9.83. The number of hydrogen-bond donors (Lipinski definition) is 0. The standard InChI is InChI=1S/C18H21N3OS/c1-18(2)14-7-5-6-8-15(14)21(4)16(18)11-13(22)12-23-17-19-9-10-20(17)3/h5-11H,12H2,1-4H3. The number of aromatic nitrogens is 2. The molecule has 1 aliphatic heterocycles. The van der Waals surface area contributed by atoms with Crippen molar-refractivity contribution in [2.75, 3.05) is 17.7 Å². The van der Waals surface area contributed by atoms with Crippen LogP contribution in [0.3, 0.4) is 0 Å². The first kappa shape index (κ1) is 15.9. The number of benzene rings is 1. The number of nitrogens with zero attached hydrogens (tertiary/aromatic N) is 3. The molecule has 2 heterocycles. The van der Waals surface area contributed by atoms with Crippen LogP contribution in [0.25, 0.3) is 0 Å². The molecular formula is C18H21N3OS. The highest BCUT2D eigenvalue weighted by atomic mass is 32.2. The molecule has 2 aromatic rings. The van der Waals surface area contributed by atoms with Crippen LogP contribution in [0.1, 0.15) is 19.4 Å². The smallest absolute Gasteiger partial charge is 0.168 e. The SMILES string of the molecule is CN1C(=CC(=O)CSc2nccn2C)C(C)(C)c2ccccc21. The van der Waals surface area contributed by atoms with Crippen molar-refractivity contribution >= 4 is 23.2 Å². The van der Waals surface area contributed by atoms with E-state index in [0.29, 0.717) is 5.75 Å². The van der Waals surface area contributed by atoms with E-state index < -0.39 is 0 Å². The quantitative estimate of drug-likeness (QED) is 0.637. The zero-order valence-electron chi connectivity index (χ0n) is 13.9. The number of carbonyl (C=O) groups is 1. The van der Waals surface area contributed by atoms with Crippen LogP contribution < -0.4 is 4.90 Å². The Kier molecular flexibility index (Phi) is 4.06. The monoisotopic (exact) mass is 327 g/mol. The van der Waals surface area contributed by atoms with Crippen LogP contribution >= 0.6 is 11.8 Å². The van der Waals surface area contributed by atoms with E-state index in [1.807, 2.05) is 30.9 Å². The summed E-state index contributed by atoms with van der Waals surface area (Å²) in [6, 6.07) is 8.33. The molecule has 0 amide bonds. The normalized spacial score (nSPS) is 17.6. The predicted octanol–water partition coefficient (Wildman–Crippen LogP) is 3.39. The van der Waals surface area contributed by atoms with Crippen LogP contribution in [0.2, 0.25) is 0 Å².